The van der Waals surface area contributed by atoms with Crippen molar-refractivity contribution >= 4 is 26.7 Å². The van der Waals surface area contributed by atoms with Crippen molar-refractivity contribution in [3.8, 4) is 17.6 Å². The van der Waals surface area contributed by atoms with Gasteiger partial charge in [-0.1, -0.05) is 5.21 Å². The molecule has 0 bridgehead atoms. The highest BCUT2D eigenvalue weighted by molar-refractivity contribution is 7.89. The fourth-order valence-electron chi connectivity index (χ4n) is 4.51. The molecule has 5 rings (SSSR count). The first-order valence-corrected chi connectivity index (χ1v) is 13.8. The van der Waals surface area contributed by atoms with Crippen LogP contribution < -0.4 is 5.32 Å². The molecule has 0 aromatic carbocycles. The number of hydrogen-bond acceptors (Lipinski definition) is 9. The lowest BCUT2D eigenvalue weighted by atomic mass is 9.95. The molecule has 37 heavy (non-hydrogen) atoms. The van der Waals surface area contributed by atoms with Gasteiger partial charge in [0.25, 0.3) is 0 Å². The molecule has 13 heteroatoms. The van der Waals surface area contributed by atoms with Crippen molar-refractivity contribution < 1.29 is 8.42 Å². The van der Waals surface area contributed by atoms with E-state index in [1.807, 2.05) is 26.1 Å². The molecule has 1 aliphatic rings. The van der Waals surface area contributed by atoms with Crippen molar-refractivity contribution in [3.05, 3.63) is 48.2 Å². The SMILES string of the molecule is CCS(=O)(=O)N1CCC(c2cn(-c3cnc(-n4ncc5cc(C#N)cnc54)cc3NC(C)C)nn2)CC1. The van der Waals surface area contributed by atoms with Gasteiger partial charge >= 0.3 is 0 Å². The lowest BCUT2D eigenvalue weighted by Crippen LogP contribution is -2.38. The van der Waals surface area contributed by atoms with Gasteiger partial charge in [-0.05, 0) is 39.7 Å². The molecular formula is C24H28N10O2S. The van der Waals surface area contributed by atoms with Crippen LogP contribution in [0.25, 0.3) is 22.5 Å². The zero-order valence-electron chi connectivity index (χ0n) is 20.9. The maximum Gasteiger partial charge on any atom is 0.213 e. The average molecular weight is 521 g/mol. The predicted molar refractivity (Wildman–Crippen MR) is 138 cm³/mol. The van der Waals surface area contributed by atoms with Gasteiger partial charge in [-0.3, -0.25) is 0 Å². The van der Waals surface area contributed by atoms with Crippen molar-refractivity contribution in [3.63, 3.8) is 0 Å². The number of piperidine rings is 1. The topological polar surface area (TPSA) is 148 Å². The molecule has 192 valence electrons. The lowest BCUT2D eigenvalue weighted by molar-refractivity contribution is 0.317. The summed E-state index contributed by atoms with van der Waals surface area (Å²) in [4.78, 5) is 9.01. The van der Waals surface area contributed by atoms with Gasteiger partial charge < -0.3 is 5.32 Å². The summed E-state index contributed by atoms with van der Waals surface area (Å²) in [7, 11) is -3.17. The van der Waals surface area contributed by atoms with Gasteiger partial charge in [0, 0.05) is 42.7 Å². The quantitative estimate of drug-likeness (QED) is 0.388. The Kier molecular flexibility index (Phi) is 6.61. The summed E-state index contributed by atoms with van der Waals surface area (Å²) in [6.45, 7) is 6.74. The number of anilines is 1. The average Bonchev–Trinajstić information content (AvgIpc) is 3.56. The number of sulfonamides is 1. The third kappa shape index (κ3) is 4.90. The van der Waals surface area contributed by atoms with Gasteiger partial charge in [0.15, 0.2) is 11.5 Å². The first-order valence-electron chi connectivity index (χ1n) is 12.2. The van der Waals surface area contributed by atoms with E-state index in [1.54, 1.807) is 39.1 Å². The summed E-state index contributed by atoms with van der Waals surface area (Å²) in [5.41, 5.74) is 3.45. The zero-order chi connectivity index (χ0) is 26.2. The summed E-state index contributed by atoms with van der Waals surface area (Å²) < 4.78 is 29.3. The van der Waals surface area contributed by atoms with Gasteiger partial charge in [0.1, 0.15) is 11.8 Å². The zero-order valence-corrected chi connectivity index (χ0v) is 21.7. The van der Waals surface area contributed by atoms with E-state index in [9.17, 15) is 8.42 Å². The Balaban J connectivity index is 1.43. The maximum atomic E-state index is 12.2. The minimum Gasteiger partial charge on any atom is -0.381 e. The maximum absolute atomic E-state index is 12.2. The predicted octanol–water partition coefficient (Wildman–Crippen LogP) is 2.62. The van der Waals surface area contributed by atoms with Crippen LogP contribution in [0.3, 0.4) is 0 Å². The number of hydrogen-bond donors (Lipinski definition) is 1. The number of aromatic nitrogens is 7. The molecule has 1 saturated heterocycles. The standard InChI is InChI=1S/C24H28N10O2S/c1-4-37(35,36)32-7-5-18(6-8-32)21-15-33(31-30-21)22-14-26-23(10-20(22)29-16(2)3)34-24-19(13-28-34)9-17(11-25)12-27-24/h9-10,12-16,18H,4-8H2,1-3H3,(H,26,29). The van der Waals surface area contributed by atoms with Gasteiger partial charge in [-0.25, -0.2) is 27.4 Å². The van der Waals surface area contributed by atoms with Gasteiger partial charge in [0.05, 0.1) is 41.3 Å². The van der Waals surface area contributed by atoms with Crippen LogP contribution in [-0.4, -0.2) is 72.3 Å². The van der Waals surface area contributed by atoms with Crippen LogP contribution in [-0.2, 0) is 10.0 Å². The summed E-state index contributed by atoms with van der Waals surface area (Å²) in [6, 6.07) is 5.87. The van der Waals surface area contributed by atoms with E-state index in [4.69, 9.17) is 5.26 Å². The molecule has 0 amide bonds. The van der Waals surface area contributed by atoms with Crippen LogP contribution in [0.2, 0.25) is 0 Å². The number of nitriles is 1. The Bertz CT molecular complexity index is 1580. The molecule has 5 heterocycles. The minimum atomic E-state index is -3.17. The molecular weight excluding hydrogens is 492 g/mol. The number of fused-ring (bicyclic) bond motifs is 1. The second kappa shape index (κ2) is 9.87. The molecule has 0 unspecified atom stereocenters. The lowest BCUT2D eigenvalue weighted by Gasteiger charge is -2.29. The van der Waals surface area contributed by atoms with E-state index in [-0.39, 0.29) is 17.7 Å². The summed E-state index contributed by atoms with van der Waals surface area (Å²) in [5, 5.41) is 26.5. The highest BCUT2D eigenvalue weighted by Crippen LogP contribution is 2.30. The van der Waals surface area contributed by atoms with Gasteiger partial charge in [0.2, 0.25) is 10.0 Å². The Hall–Kier alpha value is -3.89. The third-order valence-electron chi connectivity index (χ3n) is 6.46. The molecule has 12 nitrogen and oxygen atoms in total. The van der Waals surface area contributed by atoms with E-state index in [1.165, 1.54) is 6.20 Å². The molecule has 4 aromatic rings. The van der Waals surface area contributed by atoms with Crippen LogP contribution in [0, 0.1) is 11.3 Å². The number of nitrogens with one attached hydrogen (secondary N) is 1. The van der Waals surface area contributed by atoms with E-state index >= 15 is 0 Å². The Morgan fingerprint density at radius 2 is 1.95 bits per heavy atom. The highest BCUT2D eigenvalue weighted by Gasteiger charge is 2.29. The van der Waals surface area contributed by atoms with Crippen LogP contribution >= 0.6 is 0 Å². The van der Waals surface area contributed by atoms with E-state index in [2.05, 4.69) is 36.8 Å². The highest BCUT2D eigenvalue weighted by atomic mass is 32.2. The van der Waals surface area contributed by atoms with Gasteiger partial charge in [-0.2, -0.15) is 15.0 Å². The first-order chi connectivity index (χ1) is 17.8. The molecule has 1 N–H and O–H groups in total. The largest absolute Gasteiger partial charge is 0.381 e. The number of rotatable bonds is 7. The monoisotopic (exact) mass is 520 g/mol. The second-order valence-corrected chi connectivity index (χ2v) is 11.6. The van der Waals surface area contributed by atoms with Crippen molar-refractivity contribution in [1.82, 2.24) is 39.0 Å². The number of nitrogens with zero attached hydrogens (tertiary/aromatic N) is 9. The third-order valence-corrected chi connectivity index (χ3v) is 8.34. The molecule has 0 saturated carbocycles. The van der Waals surface area contributed by atoms with Crippen molar-refractivity contribution in [2.75, 3.05) is 24.2 Å². The van der Waals surface area contributed by atoms with Crippen molar-refractivity contribution in [2.24, 2.45) is 0 Å². The van der Waals surface area contributed by atoms with Crippen molar-refractivity contribution in [2.45, 2.75) is 45.6 Å². The fraction of sp³-hybridized carbons (Fsp3) is 0.417. The molecule has 1 fully saturated rings. The molecule has 0 radical (unpaired) electrons. The Labute approximate surface area is 215 Å². The second-order valence-electron chi connectivity index (χ2n) is 9.33. The Morgan fingerprint density at radius 3 is 2.65 bits per heavy atom. The first kappa shape index (κ1) is 24.8. The number of pyridine rings is 2. The van der Waals surface area contributed by atoms with Crippen LogP contribution in [0.1, 0.15) is 50.8 Å². The molecule has 0 aliphatic carbocycles. The van der Waals surface area contributed by atoms with E-state index in [0.29, 0.717) is 43.0 Å². The van der Waals surface area contributed by atoms with Crippen LogP contribution in [0.4, 0.5) is 5.69 Å². The molecule has 1 aliphatic heterocycles. The Morgan fingerprint density at radius 1 is 1.16 bits per heavy atom. The summed E-state index contributed by atoms with van der Waals surface area (Å²) in [6.07, 6.45) is 8.20. The smallest absolute Gasteiger partial charge is 0.213 e. The van der Waals surface area contributed by atoms with E-state index < -0.39 is 10.0 Å². The van der Waals surface area contributed by atoms with Gasteiger partial charge in [-0.15, -0.1) is 5.10 Å². The molecule has 0 spiro atoms. The van der Waals surface area contributed by atoms with Crippen LogP contribution in [0.15, 0.2) is 36.9 Å². The fourth-order valence-corrected chi connectivity index (χ4v) is 5.64. The summed E-state index contributed by atoms with van der Waals surface area (Å²) >= 11 is 0. The minimum absolute atomic E-state index is 0.119. The molecule has 4 aromatic heterocycles. The van der Waals surface area contributed by atoms with Crippen molar-refractivity contribution in [1.29, 1.82) is 5.26 Å². The van der Waals surface area contributed by atoms with Crippen LogP contribution in [0.5, 0.6) is 0 Å². The summed E-state index contributed by atoms with van der Waals surface area (Å²) in [5.74, 6) is 0.836. The normalized spacial score (nSPS) is 15.3. The van der Waals surface area contributed by atoms with E-state index in [0.717, 1.165) is 22.5 Å². The molecule has 0 atom stereocenters.